The topological polar surface area (TPSA) is 167 Å². The van der Waals surface area contributed by atoms with Gasteiger partial charge in [0.1, 0.15) is 34.5 Å². The molecule has 0 saturated carbocycles. The molecule has 6 heterocycles. The highest BCUT2D eigenvalue weighted by Gasteiger charge is 2.40. The van der Waals surface area contributed by atoms with Gasteiger partial charge in [0.05, 0.1) is 18.7 Å². The van der Waals surface area contributed by atoms with Crippen LogP contribution in [0.15, 0.2) is 47.5 Å². The number of aliphatic imine (C=N–C) groups is 1. The average molecular weight is 837 g/mol. The van der Waals surface area contributed by atoms with Crippen molar-refractivity contribution in [3.05, 3.63) is 97.4 Å². The van der Waals surface area contributed by atoms with E-state index in [4.69, 9.17) is 16.6 Å². The number of aromatic nitrogens is 3. The minimum atomic E-state index is -0.723. The van der Waals surface area contributed by atoms with E-state index in [1.54, 1.807) is 23.5 Å². The number of rotatable bonds is 12. The predicted octanol–water partition coefficient (Wildman–Crippen LogP) is 4.65. The van der Waals surface area contributed by atoms with Gasteiger partial charge in [-0.05, 0) is 68.5 Å². The van der Waals surface area contributed by atoms with Crippen molar-refractivity contribution in [2.45, 2.75) is 84.3 Å². The maximum atomic E-state index is 13.9. The minimum Gasteiger partial charge on any atom is -0.340 e. The van der Waals surface area contributed by atoms with Gasteiger partial charge < -0.3 is 9.80 Å². The summed E-state index contributed by atoms with van der Waals surface area (Å²) in [6, 6.07) is 11.6. The number of Topliss-reactive ketones (excluding diaryl/α,β-unsaturated/α-hetero) is 2. The van der Waals surface area contributed by atoms with Crippen molar-refractivity contribution in [3.63, 3.8) is 0 Å². The van der Waals surface area contributed by atoms with Gasteiger partial charge in [0.15, 0.2) is 5.82 Å². The van der Waals surface area contributed by atoms with Crippen molar-refractivity contribution in [1.29, 1.82) is 0 Å². The van der Waals surface area contributed by atoms with Crippen molar-refractivity contribution in [3.8, 4) is 5.00 Å². The largest absolute Gasteiger partial charge is 0.340 e. The average Bonchev–Trinajstić information content (AvgIpc) is 3.82. The fourth-order valence-electron chi connectivity index (χ4n) is 8.51. The standard InChI is InChI=1S/C43H45ClN8O6S/c1-24-25(2)59-43-38(24)39(27-10-12-29(44)13-11-27)45-34(40-48-47-26(3)52(40)43)21-37(56)50-18-16-49(17-19-50)22-31(54)8-5-7-30(53)20-28-6-4-9-32-33(28)23-51(42(32)58)35-14-15-36(55)46-41(35)57/h4,6,9-13,34-35H,5,7-8,14-23H2,1-3H3,(H,46,55,57)/t34-,35?/m0/s1. The van der Waals surface area contributed by atoms with E-state index in [0.29, 0.717) is 49.0 Å². The molecular weight excluding hydrogens is 792 g/mol. The lowest BCUT2D eigenvalue weighted by Crippen LogP contribution is -2.52. The van der Waals surface area contributed by atoms with Crippen LogP contribution >= 0.6 is 22.9 Å². The highest BCUT2D eigenvalue weighted by molar-refractivity contribution is 7.15. The molecule has 0 bridgehead atoms. The molecular formula is C43H45ClN8O6S. The summed E-state index contributed by atoms with van der Waals surface area (Å²) in [7, 11) is 0. The molecule has 16 heteroatoms. The molecule has 0 spiro atoms. The Bertz CT molecular complexity index is 2410. The first-order chi connectivity index (χ1) is 28.4. The molecule has 59 heavy (non-hydrogen) atoms. The molecule has 306 valence electrons. The molecule has 2 atom stereocenters. The van der Waals surface area contributed by atoms with Gasteiger partial charge in [-0.25, -0.2) is 0 Å². The number of ketones is 2. The molecule has 4 aliphatic heterocycles. The number of hydrogen-bond acceptors (Lipinski definition) is 11. The van der Waals surface area contributed by atoms with E-state index in [0.717, 1.165) is 44.4 Å². The summed E-state index contributed by atoms with van der Waals surface area (Å²) >= 11 is 7.91. The number of carbonyl (C=O) groups excluding carboxylic acids is 6. The highest BCUT2D eigenvalue weighted by atomic mass is 35.5. The number of piperidine rings is 1. The van der Waals surface area contributed by atoms with Crippen LogP contribution in [-0.4, -0.2) is 109 Å². The van der Waals surface area contributed by atoms with Crippen molar-refractivity contribution in [2.75, 3.05) is 32.7 Å². The molecule has 2 fully saturated rings. The van der Waals surface area contributed by atoms with Crippen molar-refractivity contribution >= 4 is 63.8 Å². The molecule has 4 aliphatic rings. The normalized spacial score (nSPS) is 19.2. The number of halogens is 1. The molecule has 4 amide bonds. The zero-order valence-electron chi connectivity index (χ0n) is 33.3. The lowest BCUT2D eigenvalue weighted by molar-refractivity contribution is -0.137. The van der Waals surface area contributed by atoms with Crippen LogP contribution in [0.1, 0.15) is 99.3 Å². The molecule has 2 aromatic carbocycles. The highest BCUT2D eigenvalue weighted by Crippen LogP contribution is 2.40. The monoisotopic (exact) mass is 836 g/mol. The summed E-state index contributed by atoms with van der Waals surface area (Å²) in [5, 5.41) is 12.9. The summed E-state index contributed by atoms with van der Waals surface area (Å²) in [4.78, 5) is 89.0. The number of piperazine rings is 1. The number of thiophene rings is 1. The summed E-state index contributed by atoms with van der Waals surface area (Å²) in [6.07, 6.45) is 1.60. The maximum absolute atomic E-state index is 13.9. The zero-order chi connectivity index (χ0) is 41.5. The first kappa shape index (κ1) is 40.4. The van der Waals surface area contributed by atoms with Crippen molar-refractivity contribution in [1.82, 2.24) is 34.8 Å². The molecule has 1 unspecified atom stereocenters. The van der Waals surface area contributed by atoms with Crippen LogP contribution in [0.25, 0.3) is 5.00 Å². The van der Waals surface area contributed by atoms with Crippen molar-refractivity contribution < 1.29 is 28.8 Å². The van der Waals surface area contributed by atoms with Gasteiger partial charge in [0, 0.05) is 85.0 Å². The maximum Gasteiger partial charge on any atom is 0.255 e. The second-order valence-corrected chi connectivity index (χ2v) is 17.4. The Labute approximate surface area is 350 Å². The minimum absolute atomic E-state index is 0.0298. The Morgan fingerprint density at radius 3 is 2.42 bits per heavy atom. The molecule has 0 radical (unpaired) electrons. The lowest BCUT2D eigenvalue weighted by Gasteiger charge is -2.34. The molecule has 14 nitrogen and oxygen atoms in total. The van der Waals surface area contributed by atoms with Crippen LogP contribution in [0.3, 0.4) is 0 Å². The Morgan fingerprint density at radius 2 is 1.68 bits per heavy atom. The van der Waals surface area contributed by atoms with Gasteiger partial charge in [0.25, 0.3) is 5.91 Å². The van der Waals surface area contributed by atoms with Crippen LogP contribution in [0.5, 0.6) is 0 Å². The number of hydrogen-bond donors (Lipinski definition) is 1. The smallest absolute Gasteiger partial charge is 0.255 e. The van der Waals surface area contributed by atoms with Crippen LogP contribution in [0, 0.1) is 20.8 Å². The van der Waals surface area contributed by atoms with Gasteiger partial charge in [-0.2, -0.15) is 0 Å². The SMILES string of the molecule is Cc1sc2c(c1C)C(c1ccc(Cl)cc1)=N[C@@H](CC(=O)N1CCN(CC(=O)CCCC(=O)Cc3cccc4c3CN(C3CCC(=O)NC3=O)C4=O)CC1)c1nnc(C)n1-2. The molecule has 2 aromatic heterocycles. The van der Waals surface area contributed by atoms with Gasteiger partial charge in [-0.1, -0.05) is 35.9 Å². The number of amides is 4. The third-order valence-electron chi connectivity index (χ3n) is 11.8. The summed E-state index contributed by atoms with van der Waals surface area (Å²) in [6.45, 7) is 8.62. The van der Waals surface area contributed by atoms with Crippen LogP contribution in [0.4, 0.5) is 0 Å². The van der Waals surface area contributed by atoms with E-state index in [2.05, 4.69) is 34.3 Å². The zero-order valence-corrected chi connectivity index (χ0v) is 34.8. The Morgan fingerprint density at radius 1 is 0.932 bits per heavy atom. The fraction of sp³-hybridized carbons (Fsp3) is 0.419. The van der Waals surface area contributed by atoms with Crippen LogP contribution in [0.2, 0.25) is 5.02 Å². The van der Waals surface area contributed by atoms with Gasteiger partial charge >= 0.3 is 0 Å². The summed E-state index contributed by atoms with van der Waals surface area (Å²) in [5.74, 6) is 0.229. The van der Waals surface area contributed by atoms with Crippen molar-refractivity contribution in [2.24, 2.45) is 4.99 Å². The third kappa shape index (κ3) is 8.15. The molecule has 8 rings (SSSR count). The fourth-order valence-corrected chi connectivity index (χ4v) is 9.85. The van der Waals surface area contributed by atoms with Crippen LogP contribution in [-0.2, 0) is 36.9 Å². The number of fused-ring (bicyclic) bond motifs is 4. The number of aryl methyl sites for hydroxylation is 2. The van der Waals surface area contributed by atoms with Gasteiger partial charge in [-0.3, -0.25) is 48.5 Å². The second-order valence-electron chi connectivity index (χ2n) is 15.7. The van der Waals surface area contributed by atoms with E-state index in [-0.39, 0.29) is 80.9 Å². The van der Waals surface area contributed by atoms with E-state index in [1.807, 2.05) is 46.7 Å². The van der Waals surface area contributed by atoms with E-state index in [1.165, 1.54) is 9.78 Å². The predicted molar refractivity (Wildman–Crippen MR) is 221 cm³/mol. The number of benzene rings is 2. The molecule has 2 saturated heterocycles. The Balaban J connectivity index is 0.831. The van der Waals surface area contributed by atoms with Crippen LogP contribution < -0.4 is 5.32 Å². The first-order valence-electron chi connectivity index (χ1n) is 20.0. The quantitative estimate of drug-likeness (QED) is 0.200. The summed E-state index contributed by atoms with van der Waals surface area (Å²) < 4.78 is 2.04. The number of imide groups is 1. The van der Waals surface area contributed by atoms with E-state index in [9.17, 15) is 28.8 Å². The molecule has 0 aliphatic carbocycles. The number of nitrogens with one attached hydrogen (secondary N) is 1. The number of carbonyl (C=O) groups is 6. The Hall–Kier alpha value is -5.38. The molecule has 1 N–H and O–H groups in total. The third-order valence-corrected chi connectivity index (χ3v) is 13.3. The second kappa shape index (κ2) is 16.7. The lowest BCUT2D eigenvalue weighted by atomic mass is 9.97. The van der Waals surface area contributed by atoms with E-state index >= 15 is 0 Å². The Kier molecular flexibility index (Phi) is 11.4. The number of nitrogens with zero attached hydrogens (tertiary/aromatic N) is 7. The van der Waals surface area contributed by atoms with E-state index < -0.39 is 18.0 Å². The van der Waals surface area contributed by atoms with Gasteiger partial charge in [0.2, 0.25) is 17.7 Å². The van der Waals surface area contributed by atoms with Gasteiger partial charge in [-0.15, -0.1) is 21.5 Å². The first-order valence-corrected chi connectivity index (χ1v) is 21.2. The molecule has 4 aromatic rings. The summed E-state index contributed by atoms with van der Waals surface area (Å²) in [5.41, 5.74) is 5.77.